The topological polar surface area (TPSA) is 89.8 Å². The van der Waals surface area contributed by atoms with Gasteiger partial charge in [0.25, 0.3) is 0 Å². The van der Waals surface area contributed by atoms with Gasteiger partial charge in [0.2, 0.25) is 0 Å². The average molecular weight is 263 g/mol. The molecule has 5 nitrogen and oxygen atoms in total. The number of benzene rings is 2. The van der Waals surface area contributed by atoms with Crippen LogP contribution in [0.5, 0.6) is 0 Å². The fourth-order valence-corrected chi connectivity index (χ4v) is 1.98. The largest absolute Gasteiger partial charge is 0.478 e. The Morgan fingerprint density at radius 1 is 1.20 bits per heavy atom. The summed E-state index contributed by atoms with van der Waals surface area (Å²) in [5, 5.41) is 17.7. The summed E-state index contributed by atoms with van der Waals surface area (Å²) in [7, 11) is 0. The number of aromatic amines is 1. The number of H-pyrrole nitrogens is 1. The average Bonchev–Trinajstić information content (AvgIpc) is 2.90. The van der Waals surface area contributed by atoms with Crippen LogP contribution in [-0.4, -0.2) is 21.0 Å². The van der Waals surface area contributed by atoms with Gasteiger partial charge in [0.05, 0.1) is 28.2 Å². The van der Waals surface area contributed by atoms with E-state index < -0.39 is 5.97 Å². The van der Waals surface area contributed by atoms with Gasteiger partial charge in [-0.3, -0.25) is 0 Å². The van der Waals surface area contributed by atoms with Gasteiger partial charge in [-0.15, -0.1) is 0 Å². The molecule has 5 heteroatoms. The maximum Gasteiger partial charge on any atom is 0.335 e. The van der Waals surface area contributed by atoms with Crippen molar-refractivity contribution in [3.63, 3.8) is 0 Å². The minimum absolute atomic E-state index is 0.204. The van der Waals surface area contributed by atoms with Crippen LogP contribution in [0.25, 0.3) is 22.4 Å². The van der Waals surface area contributed by atoms with Crippen LogP contribution < -0.4 is 0 Å². The molecule has 3 rings (SSSR count). The zero-order chi connectivity index (χ0) is 14.1. The molecule has 0 aliphatic rings. The Balaban J connectivity index is 2.08. The van der Waals surface area contributed by atoms with Crippen LogP contribution in [0.15, 0.2) is 42.5 Å². The number of aromatic carboxylic acids is 1. The van der Waals surface area contributed by atoms with Crippen LogP contribution in [-0.2, 0) is 0 Å². The molecule has 0 aliphatic heterocycles. The molecule has 0 saturated carbocycles. The van der Waals surface area contributed by atoms with E-state index in [0.717, 1.165) is 11.1 Å². The summed E-state index contributed by atoms with van der Waals surface area (Å²) in [4.78, 5) is 18.4. The third kappa shape index (κ3) is 1.99. The fraction of sp³-hybridized carbons (Fsp3) is 0. The lowest BCUT2D eigenvalue weighted by Crippen LogP contribution is -1.94. The number of hydrogen-bond acceptors (Lipinski definition) is 3. The number of carbonyl (C=O) groups is 1. The van der Waals surface area contributed by atoms with Gasteiger partial charge in [0.1, 0.15) is 5.82 Å². The Morgan fingerprint density at radius 2 is 1.95 bits per heavy atom. The molecule has 0 saturated heterocycles. The number of aromatic nitrogens is 2. The zero-order valence-electron chi connectivity index (χ0n) is 10.3. The fourth-order valence-electron chi connectivity index (χ4n) is 1.98. The molecular weight excluding hydrogens is 254 g/mol. The molecule has 1 heterocycles. The van der Waals surface area contributed by atoms with Gasteiger partial charge in [0, 0.05) is 5.56 Å². The normalized spacial score (nSPS) is 10.3. The van der Waals surface area contributed by atoms with Crippen LogP contribution in [0.4, 0.5) is 0 Å². The second-order valence-corrected chi connectivity index (χ2v) is 4.31. The molecule has 20 heavy (non-hydrogen) atoms. The van der Waals surface area contributed by atoms with Crippen molar-refractivity contribution < 1.29 is 9.90 Å². The van der Waals surface area contributed by atoms with E-state index in [1.54, 1.807) is 30.3 Å². The first-order chi connectivity index (χ1) is 9.67. The van der Waals surface area contributed by atoms with Gasteiger partial charge in [-0.1, -0.05) is 0 Å². The van der Waals surface area contributed by atoms with E-state index in [1.165, 1.54) is 12.1 Å². The van der Waals surface area contributed by atoms with Crippen molar-refractivity contribution in [3.05, 3.63) is 53.6 Å². The van der Waals surface area contributed by atoms with Gasteiger partial charge >= 0.3 is 5.97 Å². The molecule has 0 radical (unpaired) electrons. The van der Waals surface area contributed by atoms with Crippen LogP contribution in [0.3, 0.4) is 0 Å². The Kier molecular flexibility index (Phi) is 2.70. The smallest absolute Gasteiger partial charge is 0.335 e. The number of nitrogens with zero attached hydrogens (tertiary/aromatic N) is 2. The molecule has 2 aromatic carbocycles. The predicted octanol–water partition coefficient (Wildman–Crippen LogP) is 2.80. The minimum Gasteiger partial charge on any atom is -0.478 e. The van der Waals surface area contributed by atoms with Crippen molar-refractivity contribution in [1.29, 1.82) is 5.26 Å². The van der Waals surface area contributed by atoms with Gasteiger partial charge in [-0.25, -0.2) is 9.78 Å². The highest BCUT2D eigenvalue weighted by molar-refractivity contribution is 5.93. The van der Waals surface area contributed by atoms with Gasteiger partial charge in [-0.05, 0) is 42.5 Å². The van der Waals surface area contributed by atoms with E-state index >= 15 is 0 Å². The molecule has 0 fully saturated rings. The number of fused-ring (bicyclic) bond motifs is 1. The van der Waals surface area contributed by atoms with E-state index in [0.29, 0.717) is 16.9 Å². The lowest BCUT2D eigenvalue weighted by atomic mass is 10.1. The number of nitriles is 1. The summed E-state index contributed by atoms with van der Waals surface area (Å²) >= 11 is 0. The summed E-state index contributed by atoms with van der Waals surface area (Å²) in [5.41, 5.74) is 3.00. The number of imidazole rings is 1. The quantitative estimate of drug-likeness (QED) is 0.743. The van der Waals surface area contributed by atoms with E-state index in [1.807, 2.05) is 0 Å². The van der Waals surface area contributed by atoms with Crippen LogP contribution in [0.2, 0.25) is 0 Å². The van der Waals surface area contributed by atoms with Crippen molar-refractivity contribution >= 4 is 17.0 Å². The Bertz CT molecular complexity index is 842. The summed E-state index contributed by atoms with van der Waals surface area (Å²) in [6, 6.07) is 13.8. The van der Waals surface area contributed by atoms with Crippen molar-refractivity contribution in [3.8, 4) is 17.5 Å². The first-order valence-electron chi connectivity index (χ1n) is 5.91. The Morgan fingerprint density at radius 3 is 2.60 bits per heavy atom. The SMILES string of the molecule is N#Cc1ccc(-c2nc3cc(C(=O)O)ccc3[nH]2)cc1. The van der Waals surface area contributed by atoms with Crippen molar-refractivity contribution in [2.45, 2.75) is 0 Å². The zero-order valence-corrected chi connectivity index (χ0v) is 10.3. The first kappa shape index (κ1) is 11.9. The maximum absolute atomic E-state index is 10.9. The maximum atomic E-state index is 10.9. The summed E-state index contributed by atoms with van der Waals surface area (Å²) in [6.07, 6.45) is 0. The molecule has 2 N–H and O–H groups in total. The van der Waals surface area contributed by atoms with Gasteiger partial charge in [-0.2, -0.15) is 5.26 Å². The summed E-state index contributed by atoms with van der Waals surface area (Å²) in [6.45, 7) is 0. The lowest BCUT2D eigenvalue weighted by molar-refractivity contribution is 0.0697. The van der Waals surface area contributed by atoms with E-state index in [9.17, 15) is 4.79 Å². The highest BCUT2D eigenvalue weighted by Crippen LogP contribution is 2.21. The van der Waals surface area contributed by atoms with Crippen molar-refractivity contribution in [1.82, 2.24) is 9.97 Å². The molecule has 0 amide bonds. The number of carboxylic acids is 1. The molecule has 0 unspecified atom stereocenters. The first-order valence-corrected chi connectivity index (χ1v) is 5.91. The number of hydrogen-bond donors (Lipinski definition) is 2. The highest BCUT2D eigenvalue weighted by atomic mass is 16.4. The molecule has 3 aromatic rings. The van der Waals surface area contributed by atoms with E-state index in [-0.39, 0.29) is 5.56 Å². The minimum atomic E-state index is -0.977. The molecular formula is C15H9N3O2. The lowest BCUT2D eigenvalue weighted by Gasteiger charge is -1.95. The van der Waals surface area contributed by atoms with Crippen LogP contribution in [0, 0.1) is 11.3 Å². The molecule has 1 aromatic heterocycles. The Hall–Kier alpha value is -3.13. The number of rotatable bonds is 2. The van der Waals surface area contributed by atoms with Crippen molar-refractivity contribution in [2.24, 2.45) is 0 Å². The second kappa shape index (κ2) is 4.52. The molecule has 0 spiro atoms. The molecule has 0 aliphatic carbocycles. The Labute approximate surface area is 114 Å². The van der Waals surface area contributed by atoms with E-state index in [2.05, 4.69) is 16.0 Å². The molecule has 0 atom stereocenters. The standard InChI is InChI=1S/C15H9N3O2/c16-8-9-1-3-10(4-2-9)14-17-12-6-5-11(15(19)20)7-13(12)18-14/h1-7H,(H,17,18)(H,19,20). The van der Waals surface area contributed by atoms with Crippen molar-refractivity contribution in [2.75, 3.05) is 0 Å². The second-order valence-electron chi connectivity index (χ2n) is 4.31. The molecule has 0 bridgehead atoms. The van der Waals surface area contributed by atoms with Crippen LogP contribution >= 0.6 is 0 Å². The predicted molar refractivity (Wildman–Crippen MR) is 73.2 cm³/mol. The van der Waals surface area contributed by atoms with Gasteiger partial charge < -0.3 is 10.1 Å². The monoisotopic (exact) mass is 263 g/mol. The summed E-state index contributed by atoms with van der Waals surface area (Å²) in [5.74, 6) is -0.332. The van der Waals surface area contributed by atoms with E-state index in [4.69, 9.17) is 10.4 Å². The molecule has 96 valence electrons. The number of nitrogens with one attached hydrogen (secondary N) is 1. The third-order valence-electron chi connectivity index (χ3n) is 3.02. The highest BCUT2D eigenvalue weighted by Gasteiger charge is 2.08. The third-order valence-corrected chi connectivity index (χ3v) is 3.02. The van der Waals surface area contributed by atoms with Crippen LogP contribution in [0.1, 0.15) is 15.9 Å². The summed E-state index contributed by atoms with van der Waals surface area (Å²) < 4.78 is 0. The number of carboxylic acid groups (broad SMARTS) is 1. The van der Waals surface area contributed by atoms with Gasteiger partial charge in [0.15, 0.2) is 0 Å².